The van der Waals surface area contributed by atoms with Crippen molar-refractivity contribution in [3.8, 4) is 0 Å². The molecule has 0 spiro atoms. The standard InChI is InChI=1S/C25H26ClN3O5S/c1-35(32,33)29(21-10-8-20(26)9-11-21)25(31)27-24(30)22-12-7-19(17-18-5-3-2-4-6-18)23(22)28-13-15-34-16-14-28/h2-6,8-11,17H,7,12-16H2,1H3,(H,27,30,31). The molecular formula is C25H26ClN3O5S. The van der Waals surface area contributed by atoms with Crippen molar-refractivity contribution in [2.24, 2.45) is 0 Å². The predicted molar refractivity (Wildman–Crippen MR) is 135 cm³/mol. The second-order valence-corrected chi connectivity index (χ2v) is 10.5. The molecule has 1 aliphatic heterocycles. The van der Waals surface area contributed by atoms with Crippen LogP contribution in [0, 0.1) is 0 Å². The molecule has 10 heteroatoms. The van der Waals surface area contributed by atoms with Gasteiger partial charge in [0.05, 0.1) is 25.2 Å². The average Bonchev–Trinajstić information content (AvgIpc) is 3.24. The van der Waals surface area contributed by atoms with Crippen LogP contribution in [0.2, 0.25) is 5.02 Å². The van der Waals surface area contributed by atoms with Crippen molar-refractivity contribution in [1.29, 1.82) is 0 Å². The monoisotopic (exact) mass is 515 g/mol. The van der Waals surface area contributed by atoms with Crippen LogP contribution in [0.25, 0.3) is 6.08 Å². The fourth-order valence-electron chi connectivity index (χ4n) is 4.24. The Hall–Kier alpha value is -3.14. The number of benzene rings is 2. The van der Waals surface area contributed by atoms with E-state index in [9.17, 15) is 18.0 Å². The molecule has 0 bridgehead atoms. The Morgan fingerprint density at radius 1 is 1.03 bits per heavy atom. The van der Waals surface area contributed by atoms with E-state index in [2.05, 4.69) is 10.2 Å². The summed E-state index contributed by atoms with van der Waals surface area (Å²) in [4.78, 5) is 28.4. The molecule has 0 atom stereocenters. The minimum atomic E-state index is -4.01. The lowest BCUT2D eigenvalue weighted by Gasteiger charge is -2.31. The van der Waals surface area contributed by atoms with Crippen LogP contribution in [0.3, 0.4) is 0 Å². The molecule has 0 unspecified atom stereocenters. The third kappa shape index (κ3) is 5.93. The lowest BCUT2D eigenvalue weighted by Crippen LogP contribution is -2.46. The number of nitrogens with zero attached hydrogens (tertiary/aromatic N) is 2. The number of imide groups is 1. The van der Waals surface area contributed by atoms with E-state index in [-0.39, 0.29) is 5.69 Å². The van der Waals surface area contributed by atoms with Crippen molar-refractivity contribution in [1.82, 2.24) is 10.2 Å². The summed E-state index contributed by atoms with van der Waals surface area (Å²) in [6.07, 6.45) is 4.01. The number of nitrogens with one attached hydrogen (secondary N) is 1. The number of rotatable bonds is 5. The van der Waals surface area contributed by atoms with E-state index in [4.69, 9.17) is 16.3 Å². The van der Waals surface area contributed by atoms with Gasteiger partial charge in [-0.25, -0.2) is 13.2 Å². The fraction of sp³-hybridized carbons (Fsp3) is 0.280. The first-order valence-electron chi connectivity index (χ1n) is 11.2. The summed E-state index contributed by atoms with van der Waals surface area (Å²) >= 11 is 5.89. The van der Waals surface area contributed by atoms with Gasteiger partial charge in [0.2, 0.25) is 10.0 Å². The van der Waals surface area contributed by atoms with Crippen molar-refractivity contribution in [2.75, 3.05) is 36.9 Å². The molecular weight excluding hydrogens is 490 g/mol. The molecule has 3 amide bonds. The quantitative estimate of drug-likeness (QED) is 0.650. The number of allylic oxidation sites excluding steroid dienone is 1. The van der Waals surface area contributed by atoms with E-state index in [0.29, 0.717) is 54.0 Å². The maximum Gasteiger partial charge on any atom is 0.342 e. The number of anilines is 1. The molecule has 0 aromatic heterocycles. The summed E-state index contributed by atoms with van der Waals surface area (Å²) in [5.74, 6) is -0.615. The zero-order chi connectivity index (χ0) is 25.0. The number of morpholine rings is 1. The van der Waals surface area contributed by atoms with Gasteiger partial charge in [-0.1, -0.05) is 41.9 Å². The number of halogens is 1. The van der Waals surface area contributed by atoms with E-state index in [1.165, 1.54) is 24.3 Å². The van der Waals surface area contributed by atoms with Gasteiger partial charge in [-0.05, 0) is 54.3 Å². The number of carbonyl (C=O) groups excluding carboxylic acids is 2. The summed E-state index contributed by atoms with van der Waals surface area (Å²) in [6, 6.07) is 14.5. The summed E-state index contributed by atoms with van der Waals surface area (Å²) in [6.45, 7) is 2.31. The lowest BCUT2D eigenvalue weighted by atomic mass is 10.1. The van der Waals surface area contributed by atoms with Crippen molar-refractivity contribution >= 4 is 45.3 Å². The smallest absolute Gasteiger partial charge is 0.342 e. The zero-order valence-corrected chi connectivity index (χ0v) is 20.8. The van der Waals surface area contributed by atoms with Crippen molar-refractivity contribution in [3.05, 3.63) is 82.0 Å². The molecule has 2 aliphatic rings. The maximum absolute atomic E-state index is 13.3. The van der Waals surface area contributed by atoms with E-state index in [1.807, 2.05) is 36.4 Å². The first-order chi connectivity index (χ1) is 16.7. The van der Waals surface area contributed by atoms with Gasteiger partial charge in [0, 0.05) is 29.4 Å². The zero-order valence-electron chi connectivity index (χ0n) is 19.2. The van der Waals surface area contributed by atoms with Gasteiger partial charge >= 0.3 is 6.03 Å². The molecule has 1 heterocycles. The number of ether oxygens (including phenoxy) is 1. The molecule has 1 fully saturated rings. The average molecular weight is 516 g/mol. The molecule has 1 N–H and O–H groups in total. The lowest BCUT2D eigenvalue weighted by molar-refractivity contribution is -0.116. The van der Waals surface area contributed by atoms with Crippen LogP contribution in [0.1, 0.15) is 18.4 Å². The summed E-state index contributed by atoms with van der Waals surface area (Å²) < 4.78 is 30.9. The number of hydrogen-bond acceptors (Lipinski definition) is 6. The highest BCUT2D eigenvalue weighted by atomic mass is 35.5. The third-order valence-corrected chi connectivity index (χ3v) is 7.07. The molecule has 35 heavy (non-hydrogen) atoms. The molecule has 0 radical (unpaired) electrons. The molecule has 1 saturated heterocycles. The van der Waals surface area contributed by atoms with E-state index >= 15 is 0 Å². The second-order valence-electron chi connectivity index (χ2n) is 8.27. The van der Waals surface area contributed by atoms with Gasteiger partial charge in [0.1, 0.15) is 0 Å². The number of carbonyl (C=O) groups is 2. The first kappa shape index (κ1) is 25.0. The van der Waals surface area contributed by atoms with Crippen LogP contribution in [0.5, 0.6) is 0 Å². The third-order valence-electron chi connectivity index (χ3n) is 5.77. The molecule has 2 aromatic carbocycles. The number of sulfonamides is 1. The summed E-state index contributed by atoms with van der Waals surface area (Å²) in [5, 5.41) is 2.68. The van der Waals surface area contributed by atoms with Crippen molar-refractivity contribution in [3.63, 3.8) is 0 Å². The Morgan fingerprint density at radius 3 is 2.31 bits per heavy atom. The van der Waals surface area contributed by atoms with E-state index in [1.54, 1.807) is 0 Å². The van der Waals surface area contributed by atoms with E-state index < -0.39 is 22.0 Å². The molecule has 8 nitrogen and oxygen atoms in total. The molecule has 184 valence electrons. The summed E-state index contributed by atoms with van der Waals surface area (Å²) in [7, 11) is -4.01. The molecule has 0 saturated carbocycles. The first-order valence-corrected chi connectivity index (χ1v) is 13.4. The maximum atomic E-state index is 13.3. The Morgan fingerprint density at radius 2 is 1.69 bits per heavy atom. The second kappa shape index (κ2) is 10.6. The van der Waals surface area contributed by atoms with Crippen LogP contribution in [0.15, 0.2) is 71.4 Å². The molecule has 2 aromatic rings. The van der Waals surface area contributed by atoms with Gasteiger partial charge in [-0.3, -0.25) is 10.1 Å². The highest BCUT2D eigenvalue weighted by Gasteiger charge is 2.33. The Kier molecular flexibility index (Phi) is 7.59. The van der Waals surface area contributed by atoms with Crippen LogP contribution >= 0.6 is 11.6 Å². The number of hydrogen-bond donors (Lipinski definition) is 1. The number of urea groups is 1. The SMILES string of the molecule is CS(=O)(=O)N(C(=O)NC(=O)C1=C(N2CCOCC2)C(=Cc2ccccc2)CC1)c1ccc(Cl)cc1. The van der Waals surface area contributed by atoms with Crippen molar-refractivity contribution in [2.45, 2.75) is 12.8 Å². The van der Waals surface area contributed by atoms with Crippen LogP contribution in [-0.4, -0.2) is 57.8 Å². The van der Waals surface area contributed by atoms with Crippen molar-refractivity contribution < 1.29 is 22.7 Å². The van der Waals surface area contributed by atoms with Crippen LogP contribution in [-0.2, 0) is 19.6 Å². The van der Waals surface area contributed by atoms with Crippen LogP contribution < -0.4 is 9.62 Å². The van der Waals surface area contributed by atoms with Gasteiger partial charge in [0.25, 0.3) is 5.91 Å². The Balaban J connectivity index is 1.65. The minimum Gasteiger partial charge on any atom is -0.378 e. The largest absolute Gasteiger partial charge is 0.378 e. The highest BCUT2D eigenvalue weighted by Crippen LogP contribution is 2.36. The Labute approximate surface area is 209 Å². The van der Waals surface area contributed by atoms with E-state index in [0.717, 1.165) is 23.1 Å². The van der Waals surface area contributed by atoms with Crippen LogP contribution in [0.4, 0.5) is 10.5 Å². The minimum absolute atomic E-state index is 0.0840. The molecule has 1 aliphatic carbocycles. The topological polar surface area (TPSA) is 96.0 Å². The predicted octanol–water partition coefficient (Wildman–Crippen LogP) is 3.81. The molecule has 4 rings (SSSR count). The fourth-order valence-corrected chi connectivity index (χ4v) is 5.22. The van der Waals surface area contributed by atoms with Gasteiger partial charge in [0.15, 0.2) is 0 Å². The normalized spacial score (nSPS) is 17.5. The number of amides is 3. The highest BCUT2D eigenvalue weighted by molar-refractivity contribution is 7.92. The summed E-state index contributed by atoms with van der Waals surface area (Å²) in [5.41, 5.74) is 3.32. The van der Waals surface area contributed by atoms with Gasteiger partial charge in [-0.15, -0.1) is 0 Å². The van der Waals surface area contributed by atoms with Gasteiger partial charge < -0.3 is 9.64 Å². The Bertz CT molecular complexity index is 1270. The van der Waals surface area contributed by atoms with Gasteiger partial charge in [-0.2, -0.15) is 4.31 Å².